The molecule has 1 aromatic heterocycles. The molecule has 0 unspecified atom stereocenters. The number of carbonyl (C=O) groups excluding carboxylic acids is 1. The van der Waals surface area contributed by atoms with Crippen LogP contribution < -0.4 is 10.2 Å². The van der Waals surface area contributed by atoms with Gasteiger partial charge in [0.1, 0.15) is 5.75 Å². The van der Waals surface area contributed by atoms with Crippen molar-refractivity contribution in [3.63, 3.8) is 0 Å². The zero-order valence-corrected chi connectivity index (χ0v) is 17.2. The summed E-state index contributed by atoms with van der Waals surface area (Å²) >= 11 is 12.5. The van der Waals surface area contributed by atoms with Gasteiger partial charge in [-0.3, -0.25) is 4.79 Å². The van der Waals surface area contributed by atoms with Gasteiger partial charge >= 0.3 is 0 Å². The molecule has 1 N–H and O–H groups in total. The largest absolute Gasteiger partial charge is 0.496 e. The highest BCUT2D eigenvalue weighted by molar-refractivity contribution is 6.34. The highest BCUT2D eigenvalue weighted by Crippen LogP contribution is 2.28. The number of ether oxygens (including phenoxy) is 1. The third-order valence-corrected chi connectivity index (χ3v) is 4.90. The minimum Gasteiger partial charge on any atom is -0.496 e. The van der Waals surface area contributed by atoms with E-state index in [1.165, 1.54) is 7.11 Å². The van der Waals surface area contributed by atoms with Gasteiger partial charge in [-0.05, 0) is 50.2 Å². The van der Waals surface area contributed by atoms with Crippen molar-refractivity contribution in [1.29, 1.82) is 0 Å². The number of nitrogens with one attached hydrogen (secondary N) is 1. The molecular weight excluding hydrogens is 397 g/mol. The van der Waals surface area contributed by atoms with Crippen LogP contribution in [0.15, 0.2) is 53.6 Å². The maximum absolute atomic E-state index is 12.3. The summed E-state index contributed by atoms with van der Waals surface area (Å²) in [5.41, 5.74) is 6.50. The number of amides is 1. The van der Waals surface area contributed by atoms with Crippen LogP contribution in [0.1, 0.15) is 27.3 Å². The molecule has 1 heterocycles. The van der Waals surface area contributed by atoms with Crippen LogP contribution in [0.4, 0.5) is 0 Å². The Bertz CT molecular complexity index is 1060. The van der Waals surface area contributed by atoms with Crippen LogP contribution in [0.2, 0.25) is 10.0 Å². The Morgan fingerprint density at radius 2 is 1.89 bits per heavy atom. The molecular formula is C21H19Cl2N3O2. The van der Waals surface area contributed by atoms with Crippen LogP contribution in [0, 0.1) is 13.8 Å². The second-order valence-electron chi connectivity index (χ2n) is 6.16. The van der Waals surface area contributed by atoms with Crippen LogP contribution >= 0.6 is 23.2 Å². The summed E-state index contributed by atoms with van der Waals surface area (Å²) in [6, 6.07) is 14.3. The van der Waals surface area contributed by atoms with Crippen LogP contribution in [0.5, 0.6) is 5.75 Å². The lowest BCUT2D eigenvalue weighted by molar-refractivity contribution is 0.0952. The molecule has 144 valence electrons. The SMILES string of the molecule is COc1ccccc1C(=O)N/N=C\c1cc(C)n(-c2cc(Cl)ccc2Cl)c1C. The Labute approximate surface area is 173 Å². The normalized spacial score (nSPS) is 11.0. The first-order valence-corrected chi connectivity index (χ1v) is 9.28. The minimum absolute atomic E-state index is 0.347. The van der Waals surface area contributed by atoms with Crippen molar-refractivity contribution in [3.8, 4) is 11.4 Å². The minimum atomic E-state index is -0.347. The topological polar surface area (TPSA) is 55.6 Å². The van der Waals surface area contributed by atoms with Crippen molar-refractivity contribution in [1.82, 2.24) is 9.99 Å². The van der Waals surface area contributed by atoms with Gasteiger partial charge in [0.05, 0.1) is 29.6 Å². The number of carbonyl (C=O) groups is 1. The number of benzene rings is 2. The average Bonchev–Trinajstić information content (AvgIpc) is 2.97. The molecule has 0 radical (unpaired) electrons. The lowest BCUT2D eigenvalue weighted by Gasteiger charge is -2.12. The predicted molar refractivity (Wildman–Crippen MR) is 113 cm³/mol. The van der Waals surface area contributed by atoms with E-state index in [1.807, 2.05) is 30.5 Å². The van der Waals surface area contributed by atoms with Crippen LogP contribution in [-0.4, -0.2) is 23.8 Å². The molecule has 5 nitrogen and oxygen atoms in total. The van der Waals surface area contributed by atoms with Gasteiger partial charge in [-0.1, -0.05) is 35.3 Å². The van der Waals surface area contributed by atoms with Crippen molar-refractivity contribution < 1.29 is 9.53 Å². The number of aromatic nitrogens is 1. The maximum atomic E-state index is 12.3. The standard InChI is InChI=1S/C21H19Cl2N3O2/c1-13-10-15(14(2)26(13)19-11-16(22)8-9-18(19)23)12-24-25-21(27)17-6-4-5-7-20(17)28-3/h4-12H,1-3H3,(H,25,27)/b24-12-. The Balaban J connectivity index is 1.84. The van der Waals surface area contributed by atoms with E-state index in [1.54, 1.807) is 42.6 Å². The number of halogens is 2. The Hall–Kier alpha value is -2.76. The molecule has 28 heavy (non-hydrogen) atoms. The summed E-state index contributed by atoms with van der Waals surface area (Å²) < 4.78 is 7.20. The van der Waals surface area contributed by atoms with Gasteiger partial charge in [0.15, 0.2) is 0 Å². The number of para-hydroxylation sites is 1. The lowest BCUT2D eigenvalue weighted by Crippen LogP contribution is -2.18. The van der Waals surface area contributed by atoms with Crippen molar-refractivity contribution in [2.45, 2.75) is 13.8 Å². The second kappa shape index (κ2) is 8.50. The van der Waals surface area contributed by atoms with Crippen molar-refractivity contribution >= 4 is 35.3 Å². The Morgan fingerprint density at radius 3 is 2.64 bits per heavy atom. The highest BCUT2D eigenvalue weighted by Gasteiger charge is 2.13. The molecule has 3 rings (SSSR count). The van der Waals surface area contributed by atoms with Gasteiger partial charge < -0.3 is 9.30 Å². The number of methoxy groups -OCH3 is 1. The molecule has 0 fully saturated rings. The summed E-state index contributed by atoms with van der Waals surface area (Å²) in [7, 11) is 1.52. The Morgan fingerprint density at radius 1 is 1.14 bits per heavy atom. The number of hydrazone groups is 1. The van der Waals surface area contributed by atoms with Crippen LogP contribution in [0.25, 0.3) is 5.69 Å². The summed E-state index contributed by atoms with van der Waals surface area (Å²) in [6.45, 7) is 3.92. The van der Waals surface area contributed by atoms with E-state index >= 15 is 0 Å². The van der Waals surface area contributed by atoms with Crippen LogP contribution in [-0.2, 0) is 0 Å². The van der Waals surface area contributed by atoms with Crippen molar-refractivity contribution in [2.75, 3.05) is 7.11 Å². The van der Waals surface area contributed by atoms with Gasteiger partial charge in [0.2, 0.25) is 0 Å². The molecule has 1 amide bonds. The molecule has 0 aliphatic rings. The number of nitrogens with zero attached hydrogens (tertiary/aromatic N) is 2. The fourth-order valence-electron chi connectivity index (χ4n) is 3.00. The number of rotatable bonds is 5. The third-order valence-electron chi connectivity index (χ3n) is 4.34. The molecule has 3 aromatic rings. The molecule has 0 saturated carbocycles. The predicted octanol–water partition coefficient (Wildman–Crippen LogP) is 5.17. The smallest absolute Gasteiger partial charge is 0.275 e. The van der Waals surface area contributed by atoms with Gasteiger partial charge in [-0.25, -0.2) is 5.43 Å². The van der Waals surface area contributed by atoms with Crippen molar-refractivity contribution in [3.05, 3.63) is 81.1 Å². The number of aryl methyl sites for hydroxylation is 1. The van der Waals surface area contributed by atoms with E-state index in [4.69, 9.17) is 27.9 Å². The summed E-state index contributed by atoms with van der Waals surface area (Å²) in [5.74, 6) is 0.143. The first-order chi connectivity index (χ1) is 13.4. The molecule has 0 atom stereocenters. The molecule has 0 aliphatic heterocycles. The van der Waals surface area contributed by atoms with E-state index in [9.17, 15) is 4.79 Å². The van der Waals surface area contributed by atoms with Crippen LogP contribution in [0.3, 0.4) is 0 Å². The molecule has 0 saturated heterocycles. The molecule has 7 heteroatoms. The summed E-state index contributed by atoms with van der Waals surface area (Å²) in [6.07, 6.45) is 1.60. The van der Waals surface area contributed by atoms with E-state index in [-0.39, 0.29) is 5.91 Å². The number of hydrogen-bond donors (Lipinski definition) is 1. The Kier molecular flexibility index (Phi) is 6.07. The average molecular weight is 416 g/mol. The van der Waals surface area contributed by atoms with Gasteiger partial charge in [-0.15, -0.1) is 0 Å². The van der Waals surface area contributed by atoms with E-state index < -0.39 is 0 Å². The van der Waals surface area contributed by atoms with E-state index in [2.05, 4.69) is 10.5 Å². The third kappa shape index (κ3) is 4.06. The fraction of sp³-hybridized carbons (Fsp3) is 0.143. The zero-order valence-electron chi connectivity index (χ0n) is 15.7. The van der Waals surface area contributed by atoms with Crippen molar-refractivity contribution in [2.24, 2.45) is 5.10 Å². The highest BCUT2D eigenvalue weighted by atomic mass is 35.5. The summed E-state index contributed by atoms with van der Waals surface area (Å²) in [4.78, 5) is 12.3. The monoisotopic (exact) mass is 415 g/mol. The molecule has 0 aliphatic carbocycles. The fourth-order valence-corrected chi connectivity index (χ4v) is 3.37. The first kappa shape index (κ1) is 20.0. The lowest BCUT2D eigenvalue weighted by atomic mass is 10.2. The van der Waals surface area contributed by atoms with E-state index in [0.717, 1.165) is 22.6 Å². The van der Waals surface area contributed by atoms with Gasteiger partial charge in [0, 0.05) is 22.0 Å². The van der Waals surface area contributed by atoms with Gasteiger partial charge in [-0.2, -0.15) is 5.10 Å². The van der Waals surface area contributed by atoms with E-state index in [0.29, 0.717) is 21.4 Å². The zero-order chi connectivity index (χ0) is 20.3. The second-order valence-corrected chi connectivity index (χ2v) is 7.00. The number of hydrogen-bond acceptors (Lipinski definition) is 3. The first-order valence-electron chi connectivity index (χ1n) is 8.53. The molecule has 2 aromatic carbocycles. The van der Waals surface area contributed by atoms with Gasteiger partial charge in [0.25, 0.3) is 5.91 Å². The molecule has 0 spiro atoms. The maximum Gasteiger partial charge on any atom is 0.275 e. The summed E-state index contributed by atoms with van der Waals surface area (Å²) in [5, 5.41) is 5.29. The quantitative estimate of drug-likeness (QED) is 0.461. The molecule has 0 bridgehead atoms.